The molecule has 0 saturated heterocycles. The molecule has 5 nitrogen and oxygen atoms in total. The first-order chi connectivity index (χ1) is 6.29. The molecule has 0 atom stereocenters. The molecule has 0 aliphatic rings. The van der Waals surface area contributed by atoms with Gasteiger partial charge >= 0.3 is 12.0 Å². The summed E-state index contributed by atoms with van der Waals surface area (Å²) in [6.07, 6.45) is -3.54. The molecule has 0 radical (unpaired) electrons. The zero-order valence-electron chi connectivity index (χ0n) is 6.45. The van der Waals surface area contributed by atoms with E-state index < -0.39 is 23.5 Å². The number of hydrogen-bond acceptors (Lipinski definition) is 3. The minimum absolute atomic E-state index is 0.0771. The molecule has 1 aromatic heterocycles. The molecule has 1 rings (SSSR count). The molecule has 0 amide bonds. The third kappa shape index (κ3) is 2.69. The third-order valence-corrected chi connectivity index (χ3v) is 1.77. The van der Waals surface area contributed by atoms with Gasteiger partial charge in [-0.1, -0.05) is 0 Å². The van der Waals surface area contributed by atoms with Crippen LogP contribution in [0.25, 0.3) is 0 Å². The molecule has 0 fully saturated rings. The van der Waals surface area contributed by atoms with Gasteiger partial charge in [0.15, 0.2) is 6.54 Å². The molecule has 0 aromatic carbocycles. The van der Waals surface area contributed by atoms with Gasteiger partial charge in [-0.25, -0.2) is 0 Å². The standard InChI is InChI=1S/C5H3BrF3N3O2/c6-3-1-11(2-5(7,8)9)10-4(3)12(13)14/h1H,2H2. The van der Waals surface area contributed by atoms with E-state index in [2.05, 4.69) is 21.0 Å². The fraction of sp³-hybridized carbons (Fsp3) is 0.400. The van der Waals surface area contributed by atoms with Gasteiger partial charge < -0.3 is 10.1 Å². The van der Waals surface area contributed by atoms with E-state index in [1.807, 2.05) is 0 Å². The van der Waals surface area contributed by atoms with Gasteiger partial charge in [0.05, 0.1) is 11.3 Å². The highest BCUT2D eigenvalue weighted by Gasteiger charge is 2.31. The molecule has 14 heavy (non-hydrogen) atoms. The zero-order valence-corrected chi connectivity index (χ0v) is 8.04. The summed E-state index contributed by atoms with van der Waals surface area (Å²) < 4.78 is 35.9. The molecule has 9 heteroatoms. The van der Waals surface area contributed by atoms with Crippen molar-refractivity contribution in [1.29, 1.82) is 0 Å². The van der Waals surface area contributed by atoms with E-state index in [9.17, 15) is 23.3 Å². The summed E-state index contributed by atoms with van der Waals surface area (Å²) in [5, 5.41) is 13.4. The molecule has 0 aliphatic carbocycles. The van der Waals surface area contributed by atoms with Crippen LogP contribution >= 0.6 is 15.9 Å². The maximum atomic E-state index is 11.8. The van der Waals surface area contributed by atoms with Crippen molar-refractivity contribution >= 4 is 21.7 Å². The van der Waals surface area contributed by atoms with Crippen LogP contribution in [0.2, 0.25) is 0 Å². The Morgan fingerprint density at radius 2 is 2.21 bits per heavy atom. The van der Waals surface area contributed by atoms with Gasteiger partial charge in [0, 0.05) is 0 Å². The lowest BCUT2D eigenvalue weighted by Gasteiger charge is -2.01. The van der Waals surface area contributed by atoms with Crippen molar-refractivity contribution in [3.63, 3.8) is 0 Å². The monoisotopic (exact) mass is 273 g/mol. The van der Waals surface area contributed by atoms with E-state index in [0.717, 1.165) is 6.20 Å². The fourth-order valence-corrected chi connectivity index (χ4v) is 1.24. The average molecular weight is 274 g/mol. The van der Waals surface area contributed by atoms with Crippen LogP contribution in [0.1, 0.15) is 0 Å². The van der Waals surface area contributed by atoms with Gasteiger partial charge in [-0.3, -0.25) is 0 Å². The predicted octanol–water partition coefficient (Wildman–Crippen LogP) is 2.12. The fourth-order valence-electron chi connectivity index (χ4n) is 0.775. The highest BCUT2D eigenvalue weighted by molar-refractivity contribution is 9.10. The molecule has 78 valence electrons. The Bertz CT molecular complexity index is 362. The van der Waals surface area contributed by atoms with Gasteiger partial charge in [0.25, 0.3) is 0 Å². The summed E-state index contributed by atoms with van der Waals surface area (Å²) in [5.74, 6) is -0.630. The van der Waals surface area contributed by atoms with Crippen molar-refractivity contribution in [2.75, 3.05) is 0 Å². The van der Waals surface area contributed by atoms with Crippen LogP contribution < -0.4 is 0 Å². The Labute approximate surface area is 83.8 Å². The summed E-state index contributed by atoms with van der Waals surface area (Å²) >= 11 is 2.73. The molecule has 0 saturated carbocycles. The van der Waals surface area contributed by atoms with E-state index in [-0.39, 0.29) is 4.47 Å². The van der Waals surface area contributed by atoms with E-state index in [1.54, 1.807) is 0 Å². The second-order valence-electron chi connectivity index (χ2n) is 2.37. The van der Waals surface area contributed by atoms with E-state index in [1.165, 1.54) is 0 Å². The van der Waals surface area contributed by atoms with Crippen LogP contribution in [0.15, 0.2) is 10.7 Å². The smallest absolute Gasteiger partial charge is 0.358 e. The number of nitrogens with zero attached hydrogens (tertiary/aromatic N) is 3. The van der Waals surface area contributed by atoms with E-state index in [0.29, 0.717) is 4.68 Å². The summed E-state index contributed by atoms with van der Waals surface area (Å²) in [6, 6.07) is 0. The maximum absolute atomic E-state index is 11.8. The first-order valence-corrected chi connectivity index (χ1v) is 4.03. The van der Waals surface area contributed by atoms with Crippen LogP contribution in [0.4, 0.5) is 19.0 Å². The Morgan fingerprint density at radius 1 is 1.64 bits per heavy atom. The lowest BCUT2D eigenvalue weighted by Crippen LogP contribution is -2.18. The van der Waals surface area contributed by atoms with Gasteiger partial charge in [-0.2, -0.15) is 17.9 Å². The van der Waals surface area contributed by atoms with Crippen molar-refractivity contribution in [3.8, 4) is 0 Å². The topological polar surface area (TPSA) is 61.0 Å². The first kappa shape index (κ1) is 11.0. The summed E-state index contributed by atoms with van der Waals surface area (Å²) in [5.41, 5.74) is 0. The average Bonchev–Trinajstić information content (AvgIpc) is 2.26. The molecule has 0 aliphatic heterocycles. The maximum Gasteiger partial charge on any atom is 0.409 e. The molecule has 0 spiro atoms. The quantitative estimate of drug-likeness (QED) is 0.613. The van der Waals surface area contributed by atoms with Crippen LogP contribution in [0.3, 0.4) is 0 Å². The largest absolute Gasteiger partial charge is 0.409 e. The highest BCUT2D eigenvalue weighted by Crippen LogP contribution is 2.24. The lowest BCUT2D eigenvalue weighted by molar-refractivity contribution is -0.390. The molecule has 0 N–H and O–H groups in total. The highest BCUT2D eigenvalue weighted by atomic mass is 79.9. The van der Waals surface area contributed by atoms with Crippen molar-refractivity contribution in [2.45, 2.75) is 12.7 Å². The molecule has 0 bridgehead atoms. The third-order valence-electron chi connectivity index (χ3n) is 1.21. The van der Waals surface area contributed by atoms with E-state index in [4.69, 9.17) is 0 Å². The normalized spacial score (nSPS) is 11.7. The molecule has 1 heterocycles. The summed E-state index contributed by atoms with van der Waals surface area (Å²) in [4.78, 5) is 9.36. The Hall–Kier alpha value is -1.12. The predicted molar refractivity (Wildman–Crippen MR) is 42.6 cm³/mol. The number of hydrogen-bond donors (Lipinski definition) is 0. The molecule has 0 unspecified atom stereocenters. The molecular weight excluding hydrogens is 271 g/mol. The van der Waals surface area contributed by atoms with Crippen molar-refractivity contribution < 1.29 is 18.1 Å². The molecule has 1 aromatic rings. The Balaban J connectivity index is 2.92. The van der Waals surface area contributed by atoms with E-state index >= 15 is 0 Å². The minimum atomic E-state index is -4.45. The second-order valence-corrected chi connectivity index (χ2v) is 3.22. The number of rotatable bonds is 2. The number of alkyl halides is 3. The van der Waals surface area contributed by atoms with Crippen LogP contribution in [0.5, 0.6) is 0 Å². The lowest BCUT2D eigenvalue weighted by atomic mass is 10.6. The van der Waals surface area contributed by atoms with Gasteiger partial charge in [0.1, 0.15) is 4.47 Å². The Kier molecular flexibility index (Phi) is 2.79. The van der Waals surface area contributed by atoms with Crippen LogP contribution in [-0.2, 0) is 6.54 Å². The van der Waals surface area contributed by atoms with Crippen molar-refractivity contribution in [2.24, 2.45) is 0 Å². The second kappa shape index (κ2) is 3.56. The first-order valence-electron chi connectivity index (χ1n) is 3.23. The number of aromatic nitrogens is 2. The van der Waals surface area contributed by atoms with Crippen molar-refractivity contribution in [3.05, 3.63) is 20.8 Å². The van der Waals surface area contributed by atoms with Gasteiger partial charge in [-0.05, 0) is 20.9 Å². The van der Waals surface area contributed by atoms with Crippen molar-refractivity contribution in [1.82, 2.24) is 9.78 Å². The number of halogens is 4. The minimum Gasteiger partial charge on any atom is -0.358 e. The summed E-state index contributed by atoms with van der Waals surface area (Å²) in [6.45, 7) is -1.35. The van der Waals surface area contributed by atoms with Gasteiger partial charge in [-0.15, -0.1) is 0 Å². The SMILES string of the molecule is O=[N+]([O-])c1nn(CC(F)(F)F)cc1Br. The van der Waals surface area contributed by atoms with Gasteiger partial charge in [0.2, 0.25) is 0 Å². The summed E-state index contributed by atoms with van der Waals surface area (Å²) in [7, 11) is 0. The van der Waals surface area contributed by atoms with Crippen LogP contribution in [0, 0.1) is 10.1 Å². The molecular formula is C5H3BrF3N3O2. The zero-order chi connectivity index (χ0) is 10.9. The number of nitro groups is 1. The Morgan fingerprint density at radius 3 is 2.57 bits per heavy atom. The van der Waals surface area contributed by atoms with Crippen LogP contribution in [-0.4, -0.2) is 20.9 Å².